The molecule has 3 heterocycles. The van der Waals surface area contributed by atoms with E-state index in [-0.39, 0.29) is 18.2 Å². The summed E-state index contributed by atoms with van der Waals surface area (Å²) in [6.07, 6.45) is 1.41. The molecule has 1 aromatic rings. The lowest BCUT2D eigenvalue weighted by Crippen LogP contribution is -2.48. The van der Waals surface area contributed by atoms with Crippen LogP contribution in [0, 0.1) is 0 Å². The van der Waals surface area contributed by atoms with Crippen LogP contribution in [0.15, 0.2) is 17.5 Å². The Morgan fingerprint density at radius 1 is 1.35 bits per heavy atom. The zero-order valence-corrected chi connectivity index (χ0v) is 11.6. The van der Waals surface area contributed by atoms with Gasteiger partial charge in [-0.2, -0.15) is 0 Å². The van der Waals surface area contributed by atoms with Crippen molar-refractivity contribution in [2.75, 3.05) is 5.32 Å². The fourth-order valence-corrected chi connectivity index (χ4v) is 3.77. The van der Waals surface area contributed by atoms with Crippen molar-refractivity contribution in [1.29, 1.82) is 0 Å². The topological polar surface area (TPSA) is 78.9 Å². The molecule has 1 aromatic heterocycles. The minimum absolute atomic E-state index is 0.00853. The second-order valence-corrected chi connectivity index (χ2v) is 6.12. The van der Waals surface area contributed by atoms with Crippen molar-refractivity contribution in [2.24, 2.45) is 0 Å². The number of hydrogen-bond donors (Lipinski definition) is 2. The number of nitrogens with one attached hydrogen (secondary N) is 1. The lowest BCUT2D eigenvalue weighted by Gasteiger charge is -2.36. The van der Waals surface area contributed by atoms with Gasteiger partial charge in [0, 0.05) is 24.9 Å². The summed E-state index contributed by atoms with van der Waals surface area (Å²) in [5.74, 6) is 0. The van der Waals surface area contributed by atoms with Gasteiger partial charge in [-0.05, 0) is 30.4 Å². The van der Waals surface area contributed by atoms with Crippen molar-refractivity contribution >= 4 is 28.5 Å². The van der Waals surface area contributed by atoms with E-state index in [2.05, 4.69) is 5.32 Å². The largest absolute Gasteiger partial charge is 0.465 e. The summed E-state index contributed by atoms with van der Waals surface area (Å²) in [5, 5.41) is 14.5. The Hall–Kier alpha value is -1.76. The highest BCUT2D eigenvalue weighted by atomic mass is 32.1. The van der Waals surface area contributed by atoms with Gasteiger partial charge in [-0.3, -0.25) is 5.32 Å². The molecule has 108 valence electrons. The van der Waals surface area contributed by atoms with Gasteiger partial charge in [0.2, 0.25) is 0 Å². The van der Waals surface area contributed by atoms with E-state index in [0.29, 0.717) is 12.8 Å². The molecule has 0 spiro atoms. The Kier molecular flexibility index (Phi) is 3.52. The Morgan fingerprint density at radius 3 is 2.60 bits per heavy atom. The molecule has 0 unspecified atom stereocenters. The van der Waals surface area contributed by atoms with E-state index in [0.717, 1.165) is 17.8 Å². The van der Waals surface area contributed by atoms with Crippen LogP contribution in [0.2, 0.25) is 0 Å². The van der Waals surface area contributed by atoms with Gasteiger partial charge in [0.15, 0.2) is 0 Å². The predicted octanol–water partition coefficient (Wildman–Crippen LogP) is 2.97. The van der Waals surface area contributed by atoms with Gasteiger partial charge in [-0.1, -0.05) is 0 Å². The number of fused-ring (bicyclic) bond motifs is 2. The van der Waals surface area contributed by atoms with Crippen LogP contribution in [0.25, 0.3) is 0 Å². The third-order valence-electron chi connectivity index (χ3n) is 3.93. The molecule has 2 amide bonds. The first-order chi connectivity index (χ1) is 9.63. The van der Waals surface area contributed by atoms with Gasteiger partial charge in [0.1, 0.15) is 6.10 Å². The number of piperidine rings is 1. The highest BCUT2D eigenvalue weighted by Gasteiger charge is 2.44. The van der Waals surface area contributed by atoms with Crippen LogP contribution >= 0.6 is 11.3 Å². The smallest absolute Gasteiger partial charge is 0.412 e. The number of nitrogens with zero attached hydrogens (tertiary/aromatic N) is 1. The standard InChI is InChI=1S/C13H16N2O4S/c16-12(14-11-2-1-5-20-11)19-10-6-8-3-4-9(7-10)15(8)13(17)18/h1-2,5,8-10H,3-4,6-7H2,(H,14,16)(H,17,18)/t8-,9+,10+. The van der Waals surface area contributed by atoms with E-state index < -0.39 is 12.2 Å². The molecule has 6 nitrogen and oxygen atoms in total. The molecule has 0 aromatic carbocycles. The van der Waals surface area contributed by atoms with Crippen molar-refractivity contribution in [3.63, 3.8) is 0 Å². The van der Waals surface area contributed by atoms with E-state index in [4.69, 9.17) is 9.84 Å². The monoisotopic (exact) mass is 296 g/mol. The second kappa shape index (κ2) is 5.32. The van der Waals surface area contributed by atoms with Gasteiger partial charge in [0.05, 0.1) is 5.00 Å². The Bertz CT molecular complexity index is 490. The summed E-state index contributed by atoms with van der Waals surface area (Å²) in [6.45, 7) is 0. The van der Waals surface area contributed by atoms with Crippen LogP contribution in [0.3, 0.4) is 0 Å². The number of ether oxygens (including phenoxy) is 1. The van der Waals surface area contributed by atoms with Gasteiger partial charge in [0.25, 0.3) is 0 Å². The molecule has 3 atom stereocenters. The quantitative estimate of drug-likeness (QED) is 0.879. The van der Waals surface area contributed by atoms with Crippen LogP contribution < -0.4 is 5.32 Å². The van der Waals surface area contributed by atoms with E-state index in [9.17, 15) is 9.59 Å². The predicted molar refractivity (Wildman–Crippen MR) is 74.1 cm³/mol. The summed E-state index contributed by atoms with van der Waals surface area (Å²) < 4.78 is 5.41. The molecule has 20 heavy (non-hydrogen) atoms. The van der Waals surface area contributed by atoms with Crippen LogP contribution in [-0.2, 0) is 4.74 Å². The van der Waals surface area contributed by atoms with Crippen molar-refractivity contribution in [3.8, 4) is 0 Å². The number of rotatable bonds is 2. The third kappa shape index (κ3) is 2.58. The molecule has 2 aliphatic rings. The van der Waals surface area contributed by atoms with Crippen LogP contribution in [0.1, 0.15) is 25.7 Å². The van der Waals surface area contributed by atoms with Crippen molar-refractivity contribution < 1.29 is 19.4 Å². The molecule has 2 fully saturated rings. The minimum Gasteiger partial charge on any atom is -0.465 e. The van der Waals surface area contributed by atoms with Crippen LogP contribution in [0.4, 0.5) is 14.6 Å². The SMILES string of the molecule is O=C(Nc1cccs1)O[C@H]1C[C@H]2CC[C@@H](C1)N2C(=O)O. The van der Waals surface area contributed by atoms with Crippen molar-refractivity contribution in [2.45, 2.75) is 43.9 Å². The average molecular weight is 296 g/mol. The molecule has 7 heteroatoms. The van der Waals surface area contributed by atoms with Gasteiger partial charge in [-0.15, -0.1) is 11.3 Å². The summed E-state index contributed by atoms with van der Waals surface area (Å²) in [7, 11) is 0. The molecule has 0 aliphatic carbocycles. The van der Waals surface area contributed by atoms with Gasteiger partial charge in [-0.25, -0.2) is 9.59 Å². The summed E-state index contributed by atoms with van der Waals surface area (Å²) in [6, 6.07) is 3.64. The van der Waals surface area contributed by atoms with E-state index in [1.54, 1.807) is 0 Å². The van der Waals surface area contributed by atoms with Crippen LogP contribution in [0.5, 0.6) is 0 Å². The molecule has 2 aliphatic heterocycles. The fraction of sp³-hybridized carbons (Fsp3) is 0.538. The normalized spacial score (nSPS) is 28.2. The van der Waals surface area contributed by atoms with Gasteiger partial charge >= 0.3 is 12.2 Å². The Balaban J connectivity index is 1.55. The maximum atomic E-state index is 11.8. The van der Waals surface area contributed by atoms with E-state index in [1.165, 1.54) is 16.2 Å². The first kappa shape index (κ1) is 13.2. The first-order valence-electron chi connectivity index (χ1n) is 6.66. The molecule has 0 saturated carbocycles. The van der Waals surface area contributed by atoms with E-state index >= 15 is 0 Å². The first-order valence-corrected chi connectivity index (χ1v) is 7.54. The zero-order chi connectivity index (χ0) is 14.1. The number of carbonyl (C=O) groups is 2. The average Bonchev–Trinajstić information content (AvgIpc) is 2.96. The highest BCUT2D eigenvalue weighted by Crippen LogP contribution is 2.37. The zero-order valence-electron chi connectivity index (χ0n) is 10.8. The number of thiophene rings is 1. The van der Waals surface area contributed by atoms with Gasteiger partial charge < -0.3 is 14.7 Å². The fourth-order valence-electron chi connectivity index (χ4n) is 3.17. The molecule has 2 saturated heterocycles. The summed E-state index contributed by atoms with van der Waals surface area (Å²) in [5.41, 5.74) is 0. The lowest BCUT2D eigenvalue weighted by atomic mass is 10.0. The Labute approximate surface area is 120 Å². The van der Waals surface area contributed by atoms with Crippen LogP contribution in [-0.4, -0.2) is 40.4 Å². The molecule has 3 rings (SSSR count). The van der Waals surface area contributed by atoms with Crippen molar-refractivity contribution in [1.82, 2.24) is 4.90 Å². The maximum Gasteiger partial charge on any atom is 0.412 e. The molecule has 0 radical (unpaired) electrons. The minimum atomic E-state index is -0.862. The summed E-state index contributed by atoms with van der Waals surface area (Å²) in [4.78, 5) is 24.5. The molecule has 2 bridgehead atoms. The number of carboxylic acid groups (broad SMARTS) is 1. The second-order valence-electron chi connectivity index (χ2n) is 5.18. The number of anilines is 1. The number of amides is 2. The molecular weight excluding hydrogens is 280 g/mol. The Morgan fingerprint density at radius 2 is 2.05 bits per heavy atom. The lowest BCUT2D eigenvalue weighted by molar-refractivity contribution is 0.0274. The summed E-state index contributed by atoms with van der Waals surface area (Å²) >= 11 is 1.43. The molecular formula is C13H16N2O4S. The third-order valence-corrected chi connectivity index (χ3v) is 4.72. The highest BCUT2D eigenvalue weighted by molar-refractivity contribution is 7.14. The number of hydrogen-bond acceptors (Lipinski definition) is 4. The van der Waals surface area contributed by atoms with E-state index in [1.807, 2.05) is 17.5 Å². The molecule has 2 N–H and O–H groups in total. The number of carbonyl (C=O) groups excluding carboxylic acids is 1. The maximum absolute atomic E-state index is 11.8. The van der Waals surface area contributed by atoms with Crippen molar-refractivity contribution in [3.05, 3.63) is 17.5 Å².